The van der Waals surface area contributed by atoms with Gasteiger partial charge in [-0.3, -0.25) is 9.79 Å². The number of carbonyl (C=O) groups excluding carboxylic acids is 1. The summed E-state index contributed by atoms with van der Waals surface area (Å²) in [4.78, 5) is 18.8. The molecule has 2 rings (SSSR count). The third kappa shape index (κ3) is 8.13. The second kappa shape index (κ2) is 12.0. The highest BCUT2D eigenvalue weighted by atomic mass is 127. The maximum atomic E-state index is 12.0. The van der Waals surface area contributed by atoms with Crippen LogP contribution < -0.4 is 10.6 Å². The summed E-state index contributed by atoms with van der Waals surface area (Å²) in [7, 11) is 0. The van der Waals surface area contributed by atoms with Crippen molar-refractivity contribution in [2.75, 3.05) is 32.7 Å². The van der Waals surface area contributed by atoms with Gasteiger partial charge >= 0.3 is 0 Å². The van der Waals surface area contributed by atoms with E-state index in [9.17, 15) is 4.79 Å². The molecule has 25 heavy (non-hydrogen) atoms. The standard InChI is InChI=1S/C19H36N4O.HI/c1-3-20-18(22-16-19(2)11-6-7-12-19)21-13-9-15-23-14-8-4-5-10-17(23)24;/h3-16H2,1-2H3,(H2,20,21,22);1H. The monoisotopic (exact) mass is 464 g/mol. The van der Waals surface area contributed by atoms with Crippen molar-refractivity contribution in [1.82, 2.24) is 15.5 Å². The van der Waals surface area contributed by atoms with Crippen molar-refractivity contribution in [3.8, 4) is 0 Å². The fourth-order valence-electron chi connectivity index (χ4n) is 3.75. The lowest BCUT2D eigenvalue weighted by atomic mass is 9.89. The predicted octanol–water partition coefficient (Wildman–Crippen LogP) is 3.53. The van der Waals surface area contributed by atoms with Gasteiger partial charge in [0.1, 0.15) is 0 Å². The minimum Gasteiger partial charge on any atom is -0.357 e. The zero-order valence-corrected chi connectivity index (χ0v) is 18.4. The highest BCUT2D eigenvalue weighted by molar-refractivity contribution is 14.0. The van der Waals surface area contributed by atoms with E-state index in [-0.39, 0.29) is 24.0 Å². The van der Waals surface area contributed by atoms with Crippen LogP contribution in [0.3, 0.4) is 0 Å². The Morgan fingerprint density at radius 3 is 2.64 bits per heavy atom. The van der Waals surface area contributed by atoms with Gasteiger partial charge in [0.25, 0.3) is 0 Å². The SMILES string of the molecule is CCNC(=NCC1(C)CCCC1)NCCCN1CCCCCC1=O.I. The van der Waals surface area contributed by atoms with Crippen LogP contribution >= 0.6 is 24.0 Å². The first-order valence-electron chi connectivity index (χ1n) is 9.93. The van der Waals surface area contributed by atoms with Crippen molar-refractivity contribution in [2.45, 2.75) is 71.6 Å². The van der Waals surface area contributed by atoms with E-state index in [0.717, 1.165) is 64.4 Å². The molecule has 1 saturated heterocycles. The van der Waals surface area contributed by atoms with Crippen LogP contribution in [0.4, 0.5) is 0 Å². The summed E-state index contributed by atoms with van der Waals surface area (Å²) in [6, 6.07) is 0. The van der Waals surface area contributed by atoms with E-state index >= 15 is 0 Å². The van der Waals surface area contributed by atoms with E-state index in [2.05, 4.69) is 24.5 Å². The Morgan fingerprint density at radius 2 is 1.92 bits per heavy atom. The van der Waals surface area contributed by atoms with Crippen LogP contribution in [0, 0.1) is 5.41 Å². The molecule has 146 valence electrons. The molecule has 0 bridgehead atoms. The Morgan fingerprint density at radius 1 is 1.16 bits per heavy atom. The van der Waals surface area contributed by atoms with Gasteiger partial charge in [-0.05, 0) is 44.4 Å². The molecule has 0 spiro atoms. The molecule has 1 aliphatic carbocycles. The number of rotatable bonds is 7. The molecule has 1 amide bonds. The average molecular weight is 464 g/mol. The van der Waals surface area contributed by atoms with Crippen molar-refractivity contribution < 1.29 is 4.79 Å². The third-order valence-corrected chi connectivity index (χ3v) is 5.34. The number of carbonyl (C=O) groups is 1. The van der Waals surface area contributed by atoms with E-state index in [4.69, 9.17) is 4.99 Å². The first-order valence-corrected chi connectivity index (χ1v) is 9.93. The number of amides is 1. The number of guanidine groups is 1. The van der Waals surface area contributed by atoms with Crippen molar-refractivity contribution in [1.29, 1.82) is 0 Å². The van der Waals surface area contributed by atoms with Gasteiger partial charge < -0.3 is 15.5 Å². The second-order valence-electron chi connectivity index (χ2n) is 7.68. The van der Waals surface area contributed by atoms with Crippen LogP contribution in [0.1, 0.15) is 71.6 Å². The molecule has 0 aromatic rings. The lowest BCUT2D eigenvalue weighted by Crippen LogP contribution is -2.40. The highest BCUT2D eigenvalue weighted by Crippen LogP contribution is 2.37. The van der Waals surface area contributed by atoms with Crippen molar-refractivity contribution in [3.05, 3.63) is 0 Å². The highest BCUT2D eigenvalue weighted by Gasteiger charge is 2.28. The molecule has 0 radical (unpaired) electrons. The van der Waals surface area contributed by atoms with E-state index in [1.54, 1.807) is 0 Å². The Balaban J connectivity index is 0.00000312. The first-order chi connectivity index (χ1) is 11.6. The van der Waals surface area contributed by atoms with E-state index in [1.165, 1.54) is 32.1 Å². The van der Waals surface area contributed by atoms with Crippen molar-refractivity contribution in [3.63, 3.8) is 0 Å². The molecule has 1 aliphatic heterocycles. The van der Waals surface area contributed by atoms with Gasteiger partial charge in [-0.15, -0.1) is 24.0 Å². The molecule has 1 heterocycles. The number of likely N-dealkylation sites (tertiary alicyclic amines) is 1. The molecule has 0 atom stereocenters. The van der Waals surface area contributed by atoms with Crippen molar-refractivity contribution in [2.24, 2.45) is 10.4 Å². The van der Waals surface area contributed by atoms with Crippen LogP contribution in [0.2, 0.25) is 0 Å². The van der Waals surface area contributed by atoms with E-state index in [1.807, 2.05) is 4.90 Å². The largest absolute Gasteiger partial charge is 0.357 e. The van der Waals surface area contributed by atoms with Crippen LogP contribution in [0.5, 0.6) is 0 Å². The Labute approximate surface area is 170 Å². The number of nitrogens with zero attached hydrogens (tertiary/aromatic N) is 2. The average Bonchev–Trinajstić information content (AvgIpc) is 2.90. The molecule has 0 aromatic carbocycles. The molecule has 2 fully saturated rings. The molecule has 1 saturated carbocycles. The number of aliphatic imine (C=N–C) groups is 1. The quantitative estimate of drug-likeness (QED) is 0.262. The van der Waals surface area contributed by atoms with Gasteiger partial charge in [0, 0.05) is 39.1 Å². The molecule has 0 unspecified atom stereocenters. The summed E-state index contributed by atoms with van der Waals surface area (Å²) in [5.74, 6) is 1.26. The molecule has 5 nitrogen and oxygen atoms in total. The Kier molecular flexibility index (Phi) is 10.8. The normalized spacial score (nSPS) is 20.8. The molecule has 0 aromatic heterocycles. The Hall–Kier alpha value is -0.530. The van der Waals surface area contributed by atoms with Gasteiger partial charge in [0.2, 0.25) is 5.91 Å². The van der Waals surface area contributed by atoms with Crippen LogP contribution in [0.15, 0.2) is 4.99 Å². The maximum Gasteiger partial charge on any atom is 0.222 e. The molecule has 2 aliphatic rings. The van der Waals surface area contributed by atoms with Crippen LogP contribution in [-0.2, 0) is 4.79 Å². The van der Waals surface area contributed by atoms with Gasteiger partial charge in [0.15, 0.2) is 5.96 Å². The first kappa shape index (κ1) is 22.5. The van der Waals surface area contributed by atoms with E-state index < -0.39 is 0 Å². The summed E-state index contributed by atoms with van der Waals surface area (Å²) in [6.45, 7) is 8.92. The zero-order valence-electron chi connectivity index (χ0n) is 16.1. The fraction of sp³-hybridized carbons (Fsp3) is 0.895. The fourth-order valence-corrected chi connectivity index (χ4v) is 3.75. The number of hydrogen-bond donors (Lipinski definition) is 2. The second-order valence-corrected chi connectivity index (χ2v) is 7.68. The van der Waals surface area contributed by atoms with Gasteiger partial charge in [-0.25, -0.2) is 0 Å². The number of hydrogen-bond acceptors (Lipinski definition) is 2. The van der Waals surface area contributed by atoms with Gasteiger partial charge in [0.05, 0.1) is 0 Å². The van der Waals surface area contributed by atoms with Crippen molar-refractivity contribution >= 4 is 35.8 Å². The van der Waals surface area contributed by atoms with Gasteiger partial charge in [-0.2, -0.15) is 0 Å². The lowest BCUT2D eigenvalue weighted by Gasteiger charge is -2.22. The smallest absolute Gasteiger partial charge is 0.222 e. The maximum absolute atomic E-state index is 12.0. The summed E-state index contributed by atoms with van der Waals surface area (Å²) in [5.41, 5.74) is 0.390. The third-order valence-electron chi connectivity index (χ3n) is 5.34. The lowest BCUT2D eigenvalue weighted by molar-refractivity contribution is -0.130. The van der Waals surface area contributed by atoms with Crippen LogP contribution in [0.25, 0.3) is 0 Å². The summed E-state index contributed by atoms with van der Waals surface area (Å²) < 4.78 is 0. The molecular formula is C19H37IN4O. The molecule has 6 heteroatoms. The summed E-state index contributed by atoms with van der Waals surface area (Å²) in [5, 5.41) is 6.77. The zero-order chi connectivity index (χ0) is 17.3. The predicted molar refractivity (Wildman–Crippen MR) is 116 cm³/mol. The molecule has 2 N–H and O–H groups in total. The topological polar surface area (TPSA) is 56.7 Å². The number of halogens is 1. The van der Waals surface area contributed by atoms with Crippen LogP contribution in [-0.4, -0.2) is 49.5 Å². The number of nitrogens with one attached hydrogen (secondary N) is 2. The minimum atomic E-state index is 0. The minimum absolute atomic E-state index is 0. The summed E-state index contributed by atoms with van der Waals surface area (Å²) in [6.07, 6.45) is 10.4. The van der Waals surface area contributed by atoms with E-state index in [0.29, 0.717) is 11.3 Å². The summed E-state index contributed by atoms with van der Waals surface area (Å²) >= 11 is 0. The van der Waals surface area contributed by atoms with Gasteiger partial charge in [-0.1, -0.05) is 26.2 Å². The molecular weight excluding hydrogens is 427 g/mol. The Bertz CT molecular complexity index is 422.